The van der Waals surface area contributed by atoms with Gasteiger partial charge in [-0.3, -0.25) is 13.8 Å². The van der Waals surface area contributed by atoms with Gasteiger partial charge < -0.3 is 21.1 Å². The zero-order valence-electron chi connectivity index (χ0n) is 31.2. The third-order valence-corrected chi connectivity index (χ3v) is 9.76. The van der Waals surface area contributed by atoms with Crippen LogP contribution in [0, 0.1) is 0 Å². The number of allylic oxidation sites excluding steroid dienone is 3. The maximum absolute atomic E-state index is 12.7. The van der Waals surface area contributed by atoms with Crippen LogP contribution in [-0.4, -0.2) is 47.8 Å². The van der Waals surface area contributed by atoms with Gasteiger partial charge >= 0.3 is 7.82 Å². The van der Waals surface area contributed by atoms with Crippen LogP contribution in [0.1, 0.15) is 187 Å². The molecule has 0 aromatic heterocycles. The summed E-state index contributed by atoms with van der Waals surface area (Å²) in [6.45, 7) is 4.09. The molecule has 0 saturated heterocycles. The molecule has 9 heteroatoms. The van der Waals surface area contributed by atoms with E-state index in [-0.39, 0.29) is 25.7 Å². The first-order valence-corrected chi connectivity index (χ1v) is 21.5. The molecule has 1 amide bonds. The molecule has 0 saturated carbocycles. The molecule has 0 radical (unpaired) electrons. The molecule has 284 valence electrons. The van der Waals surface area contributed by atoms with Crippen LogP contribution in [0.3, 0.4) is 0 Å². The van der Waals surface area contributed by atoms with Gasteiger partial charge in [0, 0.05) is 13.0 Å². The van der Waals surface area contributed by atoms with E-state index in [4.69, 9.17) is 14.8 Å². The van der Waals surface area contributed by atoms with Crippen molar-refractivity contribution in [2.24, 2.45) is 5.73 Å². The lowest BCUT2D eigenvalue weighted by Crippen LogP contribution is -2.45. The lowest BCUT2D eigenvalue weighted by molar-refractivity contribution is -0.123. The van der Waals surface area contributed by atoms with Crippen molar-refractivity contribution >= 4 is 13.7 Å². The number of aliphatic hydroxyl groups is 1. The summed E-state index contributed by atoms with van der Waals surface area (Å²) in [5.41, 5.74) is 5.35. The Morgan fingerprint density at radius 2 is 1.10 bits per heavy atom. The van der Waals surface area contributed by atoms with Crippen molar-refractivity contribution in [3.05, 3.63) is 24.3 Å². The number of amides is 1. The van der Waals surface area contributed by atoms with Crippen LogP contribution in [0.2, 0.25) is 0 Å². The second kappa shape index (κ2) is 35.8. The van der Waals surface area contributed by atoms with Crippen molar-refractivity contribution in [1.82, 2.24) is 5.32 Å². The number of rotatable bonds is 37. The molecule has 8 nitrogen and oxygen atoms in total. The Balaban J connectivity index is 4.22. The van der Waals surface area contributed by atoms with Crippen LogP contribution in [0.15, 0.2) is 24.3 Å². The highest BCUT2D eigenvalue weighted by Gasteiger charge is 2.26. The number of unbranched alkanes of at least 4 members (excludes halogenated alkanes) is 23. The lowest BCUT2D eigenvalue weighted by atomic mass is 10.0. The number of nitrogens with two attached hydrogens (primary N) is 1. The lowest BCUT2D eigenvalue weighted by Gasteiger charge is -2.23. The maximum atomic E-state index is 12.7. The van der Waals surface area contributed by atoms with Gasteiger partial charge in [-0.25, -0.2) is 4.57 Å². The van der Waals surface area contributed by atoms with Gasteiger partial charge in [0.1, 0.15) is 0 Å². The summed E-state index contributed by atoms with van der Waals surface area (Å²) in [6.07, 6.45) is 39.4. The fourth-order valence-corrected chi connectivity index (χ4v) is 6.49. The van der Waals surface area contributed by atoms with Gasteiger partial charge in [-0.2, -0.15) is 0 Å². The van der Waals surface area contributed by atoms with Gasteiger partial charge in [0.25, 0.3) is 0 Å². The standard InChI is InChI=1S/C39H77N2O6P/c1-3-5-7-9-11-13-15-16-17-18-19-20-21-23-25-27-29-31-33-39(43)41-37(36-47-48(44,45)46-35-34-40)38(42)32-30-28-26-24-22-14-12-10-8-6-4-2/h22,24,30,32,37-38,42H,3-21,23,25-29,31,33-36,40H2,1-2H3,(H,41,43)(H,44,45)/b24-22+,32-30+. The fraction of sp³-hybridized carbons (Fsp3) is 0.872. The minimum absolute atomic E-state index is 0.0755. The first-order chi connectivity index (χ1) is 23.4. The zero-order valence-corrected chi connectivity index (χ0v) is 32.1. The molecule has 48 heavy (non-hydrogen) atoms. The van der Waals surface area contributed by atoms with E-state index >= 15 is 0 Å². The average molecular weight is 701 g/mol. The number of carbonyl (C=O) groups excluding carboxylic acids is 1. The zero-order chi connectivity index (χ0) is 35.4. The fourth-order valence-electron chi connectivity index (χ4n) is 5.74. The molecule has 0 fully saturated rings. The van der Waals surface area contributed by atoms with E-state index in [0.29, 0.717) is 6.42 Å². The van der Waals surface area contributed by atoms with Crippen molar-refractivity contribution in [2.75, 3.05) is 19.8 Å². The van der Waals surface area contributed by atoms with Crippen LogP contribution in [-0.2, 0) is 18.4 Å². The van der Waals surface area contributed by atoms with Gasteiger partial charge in [0.05, 0.1) is 25.4 Å². The summed E-state index contributed by atoms with van der Waals surface area (Å²) in [4.78, 5) is 22.6. The topological polar surface area (TPSA) is 131 Å². The monoisotopic (exact) mass is 701 g/mol. The van der Waals surface area contributed by atoms with E-state index in [1.165, 1.54) is 128 Å². The van der Waals surface area contributed by atoms with Gasteiger partial charge in [0.2, 0.25) is 5.91 Å². The Kier molecular flexibility index (Phi) is 35.0. The number of phosphoric ester groups is 1. The summed E-state index contributed by atoms with van der Waals surface area (Å²) in [6, 6.07) is -0.870. The Hall–Kier alpha value is -1.02. The minimum atomic E-state index is -4.34. The largest absolute Gasteiger partial charge is 0.472 e. The van der Waals surface area contributed by atoms with E-state index in [9.17, 15) is 19.4 Å². The average Bonchev–Trinajstić information content (AvgIpc) is 3.07. The van der Waals surface area contributed by atoms with E-state index in [1.807, 2.05) is 6.08 Å². The highest BCUT2D eigenvalue weighted by molar-refractivity contribution is 7.47. The molecule has 3 unspecified atom stereocenters. The van der Waals surface area contributed by atoms with Crippen LogP contribution >= 0.6 is 7.82 Å². The number of hydrogen-bond donors (Lipinski definition) is 4. The molecule has 3 atom stereocenters. The third-order valence-electron chi connectivity index (χ3n) is 8.78. The normalized spacial score (nSPS) is 14.5. The summed E-state index contributed by atoms with van der Waals surface area (Å²) in [5.74, 6) is -0.204. The van der Waals surface area contributed by atoms with E-state index in [0.717, 1.165) is 38.5 Å². The number of hydrogen-bond acceptors (Lipinski definition) is 6. The van der Waals surface area contributed by atoms with Crippen molar-refractivity contribution < 1.29 is 28.4 Å². The van der Waals surface area contributed by atoms with Crippen molar-refractivity contribution in [2.45, 2.75) is 199 Å². The molecule has 5 N–H and O–H groups in total. The Morgan fingerprint density at radius 3 is 1.60 bits per heavy atom. The molecule has 0 aliphatic rings. The molecule has 0 bridgehead atoms. The molecular weight excluding hydrogens is 623 g/mol. The highest BCUT2D eigenvalue weighted by Crippen LogP contribution is 2.43. The molecule has 0 rings (SSSR count). The summed E-state index contributed by atoms with van der Waals surface area (Å²) in [5, 5.41) is 13.6. The molecule has 0 heterocycles. The number of carbonyl (C=O) groups is 1. The Morgan fingerprint density at radius 1 is 0.667 bits per heavy atom. The Labute approximate surface area is 296 Å². The number of nitrogens with one attached hydrogen (secondary N) is 1. The van der Waals surface area contributed by atoms with E-state index in [2.05, 4.69) is 31.3 Å². The number of phosphoric acid groups is 1. The van der Waals surface area contributed by atoms with Crippen LogP contribution in [0.4, 0.5) is 0 Å². The first-order valence-electron chi connectivity index (χ1n) is 20.0. The summed E-state index contributed by atoms with van der Waals surface area (Å²) < 4.78 is 22.0. The van der Waals surface area contributed by atoms with Gasteiger partial charge in [-0.1, -0.05) is 173 Å². The van der Waals surface area contributed by atoms with Crippen molar-refractivity contribution in [3.8, 4) is 0 Å². The second-order valence-electron chi connectivity index (χ2n) is 13.5. The molecule has 0 aliphatic carbocycles. The second-order valence-corrected chi connectivity index (χ2v) is 14.9. The van der Waals surface area contributed by atoms with Crippen molar-refractivity contribution in [1.29, 1.82) is 0 Å². The van der Waals surface area contributed by atoms with Gasteiger partial charge in [-0.15, -0.1) is 0 Å². The van der Waals surface area contributed by atoms with Crippen LogP contribution < -0.4 is 11.1 Å². The third kappa shape index (κ3) is 33.5. The molecule has 0 aromatic rings. The SMILES string of the molecule is CCCCCCC/C=C/CC/C=C/C(O)C(COP(=O)(O)OCCN)NC(=O)CCCCCCCCCCCCCCCCCCCC. The predicted molar refractivity (Wildman–Crippen MR) is 203 cm³/mol. The smallest absolute Gasteiger partial charge is 0.387 e. The van der Waals surface area contributed by atoms with E-state index in [1.54, 1.807) is 6.08 Å². The molecular formula is C39H77N2O6P. The number of aliphatic hydroxyl groups excluding tert-OH is 1. The molecule has 0 spiro atoms. The highest BCUT2D eigenvalue weighted by atomic mass is 31.2. The van der Waals surface area contributed by atoms with Crippen LogP contribution in [0.25, 0.3) is 0 Å². The molecule has 0 aromatic carbocycles. The van der Waals surface area contributed by atoms with Crippen molar-refractivity contribution in [3.63, 3.8) is 0 Å². The van der Waals surface area contributed by atoms with Gasteiger partial charge in [-0.05, 0) is 32.1 Å². The molecule has 0 aliphatic heterocycles. The predicted octanol–water partition coefficient (Wildman–Crippen LogP) is 10.6. The maximum Gasteiger partial charge on any atom is 0.472 e. The van der Waals surface area contributed by atoms with Gasteiger partial charge in [0.15, 0.2) is 0 Å². The van der Waals surface area contributed by atoms with E-state index < -0.39 is 20.0 Å². The summed E-state index contributed by atoms with van der Waals surface area (Å²) in [7, 11) is -4.34. The first kappa shape index (κ1) is 47.0. The quantitative estimate of drug-likeness (QED) is 0.0288. The minimum Gasteiger partial charge on any atom is -0.387 e. The Bertz CT molecular complexity index is 809. The summed E-state index contributed by atoms with van der Waals surface area (Å²) >= 11 is 0. The van der Waals surface area contributed by atoms with Crippen LogP contribution in [0.5, 0.6) is 0 Å².